The smallest absolute Gasteiger partial charge is 0.294 e. The van der Waals surface area contributed by atoms with Crippen molar-refractivity contribution in [3.05, 3.63) is 83.9 Å². The van der Waals surface area contributed by atoms with E-state index in [-0.39, 0.29) is 17.4 Å². The number of para-hydroxylation sites is 3. The van der Waals surface area contributed by atoms with Crippen molar-refractivity contribution in [1.82, 2.24) is 9.80 Å². The molecule has 0 radical (unpaired) electrons. The Morgan fingerprint density at radius 3 is 2.00 bits per heavy atom. The van der Waals surface area contributed by atoms with E-state index in [1.807, 2.05) is 56.3 Å². The van der Waals surface area contributed by atoms with Gasteiger partial charge in [0, 0.05) is 38.4 Å². The van der Waals surface area contributed by atoms with E-state index in [0.717, 1.165) is 43.0 Å². The third-order valence-corrected chi connectivity index (χ3v) is 7.46. The number of β-amino-alcohol motifs (C(OH)–C–C–N with tert-alkyl or cyclic N) is 1. The number of piperazine rings is 1. The van der Waals surface area contributed by atoms with E-state index in [1.165, 1.54) is 12.1 Å². The molecule has 11 heteroatoms. The molecule has 1 amide bonds. The van der Waals surface area contributed by atoms with Crippen molar-refractivity contribution in [2.45, 2.75) is 24.8 Å². The van der Waals surface area contributed by atoms with Gasteiger partial charge in [0.05, 0.1) is 18.6 Å². The van der Waals surface area contributed by atoms with Gasteiger partial charge in [-0.15, -0.1) is 0 Å². The fourth-order valence-corrected chi connectivity index (χ4v) is 4.89. The number of methoxy groups -OCH3 is 1. The lowest BCUT2D eigenvalue weighted by Crippen LogP contribution is -2.50. The van der Waals surface area contributed by atoms with E-state index in [9.17, 15) is 18.3 Å². The Morgan fingerprint density at radius 1 is 0.878 bits per heavy atom. The molecule has 1 atom stereocenters. The maximum Gasteiger partial charge on any atom is 0.294 e. The molecule has 3 aromatic carbocycles. The zero-order valence-corrected chi connectivity index (χ0v) is 24.5. The Bertz CT molecular complexity index is 1340. The van der Waals surface area contributed by atoms with Crippen molar-refractivity contribution < 1.29 is 32.3 Å². The van der Waals surface area contributed by atoms with E-state index < -0.39 is 16.2 Å². The van der Waals surface area contributed by atoms with Crippen LogP contribution in [0.2, 0.25) is 0 Å². The number of hydrogen-bond acceptors (Lipinski definition) is 8. The summed E-state index contributed by atoms with van der Waals surface area (Å²) in [7, 11) is -2.41. The zero-order chi connectivity index (χ0) is 29.8. The molecule has 10 nitrogen and oxygen atoms in total. The number of carbonyl (C=O) groups is 1. The predicted octanol–water partition coefficient (Wildman–Crippen LogP) is 3.24. The highest BCUT2D eigenvalue weighted by molar-refractivity contribution is 7.85. The molecule has 1 saturated heterocycles. The third kappa shape index (κ3) is 10.5. The highest BCUT2D eigenvalue weighted by Crippen LogP contribution is 2.26. The van der Waals surface area contributed by atoms with E-state index >= 15 is 0 Å². The Hall–Kier alpha value is -3.48. The molecule has 0 aliphatic carbocycles. The Labute approximate surface area is 242 Å². The van der Waals surface area contributed by atoms with Crippen LogP contribution >= 0.6 is 0 Å². The number of nitrogens with zero attached hydrogens (tertiary/aromatic N) is 2. The number of rotatable bonds is 10. The lowest BCUT2D eigenvalue weighted by molar-refractivity contribution is -0.117. The maximum atomic E-state index is 12.5. The summed E-state index contributed by atoms with van der Waals surface area (Å²) >= 11 is 0. The molecular weight excluding hydrogens is 546 g/mol. The molecule has 0 aromatic heterocycles. The summed E-state index contributed by atoms with van der Waals surface area (Å²) in [5.41, 5.74) is 3.05. The van der Waals surface area contributed by atoms with Gasteiger partial charge in [-0.3, -0.25) is 19.1 Å². The first-order chi connectivity index (χ1) is 19.6. The van der Waals surface area contributed by atoms with Gasteiger partial charge in [0.2, 0.25) is 5.91 Å². The summed E-state index contributed by atoms with van der Waals surface area (Å²) < 4.78 is 40.2. The summed E-state index contributed by atoms with van der Waals surface area (Å²) in [6, 6.07) is 20.8. The number of benzene rings is 3. The second-order valence-corrected chi connectivity index (χ2v) is 11.2. The summed E-state index contributed by atoms with van der Waals surface area (Å²) in [4.78, 5) is 16.8. The molecule has 0 saturated carbocycles. The number of ether oxygens (including phenoxy) is 2. The van der Waals surface area contributed by atoms with Gasteiger partial charge in [0.1, 0.15) is 12.7 Å². The van der Waals surface area contributed by atoms with Crippen molar-refractivity contribution in [1.29, 1.82) is 0 Å². The fraction of sp³-hybridized carbons (Fsp3) is 0.367. The first-order valence-corrected chi connectivity index (χ1v) is 14.8. The van der Waals surface area contributed by atoms with Crippen LogP contribution in [0.5, 0.6) is 11.5 Å². The lowest BCUT2D eigenvalue weighted by Gasteiger charge is -2.35. The van der Waals surface area contributed by atoms with Gasteiger partial charge < -0.3 is 19.9 Å². The number of aliphatic hydroxyl groups excluding tert-OH is 1. The van der Waals surface area contributed by atoms with Gasteiger partial charge >= 0.3 is 0 Å². The SMILES string of the molecule is COc1ccccc1OCC(O)CN1CCN(CC(=O)Nc2c(C)cccc2C)CC1.O=S(=O)(O)c1ccccc1. The molecule has 3 N–H and O–H groups in total. The van der Waals surface area contributed by atoms with Crippen LogP contribution in [-0.4, -0.2) is 92.9 Å². The number of aliphatic hydroxyl groups is 1. The standard InChI is InChI=1S/C24H33N3O4.C6H6O3S/c1-18-7-6-8-19(2)24(18)25-23(29)16-27-13-11-26(12-14-27)15-20(28)17-31-22-10-5-4-9-21(22)30-3;7-10(8,9)6-4-2-1-3-5-6/h4-10,20,28H,11-17H2,1-3H3,(H,25,29);1-5H,(H,7,8,9). The Kier molecular flexibility index (Phi) is 12.1. The van der Waals surface area contributed by atoms with Crippen molar-refractivity contribution in [2.75, 3.05) is 58.3 Å². The van der Waals surface area contributed by atoms with Crippen LogP contribution in [0.15, 0.2) is 77.7 Å². The molecule has 4 rings (SSSR count). The molecule has 3 aromatic rings. The predicted molar refractivity (Wildman–Crippen MR) is 158 cm³/mol. The molecule has 1 heterocycles. The highest BCUT2D eigenvalue weighted by Gasteiger charge is 2.21. The van der Waals surface area contributed by atoms with Crippen LogP contribution in [0.1, 0.15) is 11.1 Å². The zero-order valence-electron chi connectivity index (χ0n) is 23.7. The van der Waals surface area contributed by atoms with Gasteiger partial charge in [-0.25, -0.2) is 0 Å². The average Bonchev–Trinajstić information content (AvgIpc) is 2.95. The van der Waals surface area contributed by atoms with Crippen LogP contribution in [-0.2, 0) is 14.9 Å². The minimum Gasteiger partial charge on any atom is -0.493 e. The molecule has 0 spiro atoms. The molecule has 222 valence electrons. The summed E-state index contributed by atoms with van der Waals surface area (Å²) in [5.74, 6) is 1.29. The second-order valence-electron chi connectivity index (χ2n) is 9.80. The molecule has 41 heavy (non-hydrogen) atoms. The molecule has 0 bridgehead atoms. The van der Waals surface area contributed by atoms with Crippen LogP contribution < -0.4 is 14.8 Å². The number of hydrogen-bond donors (Lipinski definition) is 3. The summed E-state index contributed by atoms with van der Waals surface area (Å²) in [6.07, 6.45) is -0.594. The fourth-order valence-electron chi connectivity index (χ4n) is 4.39. The first-order valence-electron chi connectivity index (χ1n) is 13.3. The van der Waals surface area contributed by atoms with E-state index in [0.29, 0.717) is 24.6 Å². The number of amides is 1. The van der Waals surface area contributed by atoms with Crippen LogP contribution in [0.3, 0.4) is 0 Å². The highest BCUT2D eigenvalue weighted by atomic mass is 32.2. The summed E-state index contributed by atoms with van der Waals surface area (Å²) in [6.45, 7) is 8.33. The monoisotopic (exact) mass is 585 g/mol. The Morgan fingerprint density at radius 2 is 1.44 bits per heavy atom. The summed E-state index contributed by atoms with van der Waals surface area (Å²) in [5, 5.41) is 13.4. The van der Waals surface area contributed by atoms with Crippen LogP contribution in [0, 0.1) is 13.8 Å². The van der Waals surface area contributed by atoms with E-state index in [1.54, 1.807) is 25.3 Å². The third-order valence-electron chi connectivity index (χ3n) is 6.59. The molecule has 1 aliphatic heterocycles. The van der Waals surface area contributed by atoms with Gasteiger partial charge in [0.25, 0.3) is 10.1 Å². The minimum absolute atomic E-state index is 0.0103. The number of carbonyl (C=O) groups excluding carboxylic acids is 1. The van der Waals surface area contributed by atoms with Crippen molar-refractivity contribution >= 4 is 21.7 Å². The first kappa shape index (κ1) is 32.0. The normalized spacial score (nSPS) is 14.9. The molecule has 1 fully saturated rings. The largest absolute Gasteiger partial charge is 0.493 e. The van der Waals surface area contributed by atoms with Crippen LogP contribution in [0.4, 0.5) is 5.69 Å². The quantitative estimate of drug-likeness (QED) is 0.307. The number of anilines is 1. The van der Waals surface area contributed by atoms with E-state index in [2.05, 4.69) is 15.1 Å². The van der Waals surface area contributed by atoms with E-state index in [4.69, 9.17) is 14.0 Å². The van der Waals surface area contributed by atoms with Crippen molar-refractivity contribution in [2.24, 2.45) is 0 Å². The van der Waals surface area contributed by atoms with Crippen molar-refractivity contribution in [3.8, 4) is 11.5 Å². The van der Waals surface area contributed by atoms with Gasteiger partial charge in [0.15, 0.2) is 11.5 Å². The van der Waals surface area contributed by atoms with Crippen molar-refractivity contribution in [3.63, 3.8) is 0 Å². The molecule has 1 unspecified atom stereocenters. The Balaban J connectivity index is 0.000000389. The maximum absolute atomic E-state index is 12.5. The van der Waals surface area contributed by atoms with Gasteiger partial charge in [-0.05, 0) is 49.2 Å². The lowest BCUT2D eigenvalue weighted by atomic mass is 10.1. The number of aryl methyl sites for hydroxylation is 2. The topological polar surface area (TPSA) is 129 Å². The molecular formula is C30H39N3O7S. The second kappa shape index (κ2) is 15.5. The van der Waals surface area contributed by atoms with Gasteiger partial charge in [-0.1, -0.05) is 48.5 Å². The van der Waals surface area contributed by atoms with Gasteiger partial charge in [-0.2, -0.15) is 8.42 Å². The number of nitrogens with one attached hydrogen (secondary N) is 1. The minimum atomic E-state index is -4.00. The molecule has 1 aliphatic rings. The average molecular weight is 586 g/mol. The van der Waals surface area contributed by atoms with Crippen LogP contribution in [0.25, 0.3) is 0 Å².